The summed E-state index contributed by atoms with van der Waals surface area (Å²) >= 11 is 1.61. The number of nitrogens with one attached hydrogen (secondary N) is 1. The van der Waals surface area contributed by atoms with Gasteiger partial charge in [0, 0.05) is 12.1 Å². The van der Waals surface area contributed by atoms with Gasteiger partial charge >= 0.3 is 0 Å². The Morgan fingerprint density at radius 3 is 2.62 bits per heavy atom. The van der Waals surface area contributed by atoms with Crippen molar-refractivity contribution in [1.82, 2.24) is 15.0 Å². The molecule has 0 unspecified atom stereocenters. The van der Waals surface area contributed by atoms with Crippen molar-refractivity contribution < 1.29 is 4.42 Å². The number of hydrogen-bond acceptors (Lipinski definition) is 4. The molecule has 24 heavy (non-hydrogen) atoms. The van der Waals surface area contributed by atoms with Gasteiger partial charge in [-0.2, -0.15) is 0 Å². The minimum atomic E-state index is 0.659. The second-order valence-corrected chi connectivity index (χ2v) is 6.60. The number of aromatic nitrogens is 3. The molecule has 2 aromatic carbocycles. The second kappa shape index (κ2) is 6.53. The Bertz CT molecular complexity index is 926. The largest absolute Gasteiger partial charge is 0.440 e. The first kappa shape index (κ1) is 15.0. The Kier molecular flexibility index (Phi) is 4.09. The summed E-state index contributed by atoms with van der Waals surface area (Å²) in [5.41, 5.74) is 5.18. The summed E-state index contributed by atoms with van der Waals surface area (Å²) < 4.78 is 5.75. The molecule has 0 amide bonds. The molecular formula is C19H17N3OS. The van der Waals surface area contributed by atoms with E-state index in [-0.39, 0.29) is 0 Å². The summed E-state index contributed by atoms with van der Waals surface area (Å²) in [7, 11) is 0. The Morgan fingerprint density at radius 2 is 1.79 bits per heavy atom. The lowest BCUT2D eigenvalue weighted by molar-refractivity contribution is 0.556. The van der Waals surface area contributed by atoms with Crippen molar-refractivity contribution in [3.63, 3.8) is 0 Å². The molecule has 0 bridgehead atoms. The van der Waals surface area contributed by atoms with Crippen LogP contribution in [0.1, 0.15) is 22.8 Å². The molecule has 1 N–H and O–H groups in total. The van der Waals surface area contributed by atoms with Crippen LogP contribution in [0.3, 0.4) is 0 Å². The molecule has 5 heteroatoms. The van der Waals surface area contributed by atoms with E-state index in [2.05, 4.69) is 41.2 Å². The molecule has 4 aromatic rings. The molecule has 4 nitrogen and oxygen atoms in total. The summed E-state index contributed by atoms with van der Waals surface area (Å²) in [5, 5.41) is 0.903. The molecule has 0 spiro atoms. The number of hydrogen-bond donors (Lipinski definition) is 1. The van der Waals surface area contributed by atoms with Gasteiger partial charge in [0.15, 0.2) is 10.7 Å². The number of benzene rings is 2. The number of imidazole rings is 1. The Balaban J connectivity index is 1.46. The third-order valence-corrected chi connectivity index (χ3v) is 4.71. The zero-order chi connectivity index (χ0) is 16.4. The molecule has 0 aliphatic heterocycles. The average molecular weight is 335 g/mol. The minimum absolute atomic E-state index is 0.659. The highest BCUT2D eigenvalue weighted by Gasteiger charge is 2.10. The first-order chi connectivity index (χ1) is 11.8. The Hall–Kier alpha value is -2.53. The molecule has 2 aromatic heterocycles. The number of rotatable bonds is 5. The van der Waals surface area contributed by atoms with Crippen LogP contribution < -0.4 is 0 Å². The van der Waals surface area contributed by atoms with E-state index in [9.17, 15) is 0 Å². The fraction of sp³-hybridized carbons (Fsp3) is 0.158. The molecule has 4 rings (SSSR count). The lowest BCUT2D eigenvalue weighted by Crippen LogP contribution is -1.90. The molecule has 0 atom stereocenters. The van der Waals surface area contributed by atoms with E-state index in [4.69, 9.17) is 9.40 Å². The molecule has 0 radical (unpaired) electrons. The maximum absolute atomic E-state index is 5.75. The standard InChI is InChI=1S/C19H17N3OS/c1-13-16(11-14-7-3-2-4-8-14)22-19(20-13)24-12-18-21-15-9-5-6-10-17(15)23-18/h2-10H,11-12H2,1H3,(H,20,22). The molecule has 120 valence electrons. The molecule has 0 aliphatic rings. The van der Waals surface area contributed by atoms with Crippen LogP contribution in [0, 0.1) is 6.92 Å². The van der Waals surface area contributed by atoms with Gasteiger partial charge in [-0.3, -0.25) is 0 Å². The van der Waals surface area contributed by atoms with E-state index in [1.54, 1.807) is 11.8 Å². The number of nitrogens with zero attached hydrogens (tertiary/aromatic N) is 2. The Morgan fingerprint density at radius 1 is 1.00 bits per heavy atom. The highest BCUT2D eigenvalue weighted by Crippen LogP contribution is 2.24. The highest BCUT2D eigenvalue weighted by atomic mass is 32.2. The first-order valence-corrected chi connectivity index (χ1v) is 8.83. The summed E-state index contributed by atoms with van der Waals surface area (Å²) in [4.78, 5) is 12.6. The molecule has 0 fully saturated rings. The summed E-state index contributed by atoms with van der Waals surface area (Å²) in [6, 6.07) is 18.2. The van der Waals surface area contributed by atoms with Gasteiger partial charge in [-0.05, 0) is 24.6 Å². The van der Waals surface area contributed by atoms with Gasteiger partial charge in [0.2, 0.25) is 5.89 Å². The van der Waals surface area contributed by atoms with Gasteiger partial charge < -0.3 is 9.40 Å². The van der Waals surface area contributed by atoms with Crippen LogP contribution in [0.15, 0.2) is 64.2 Å². The van der Waals surface area contributed by atoms with Crippen molar-refractivity contribution in [3.05, 3.63) is 77.4 Å². The topological polar surface area (TPSA) is 54.7 Å². The van der Waals surface area contributed by atoms with E-state index in [0.29, 0.717) is 5.75 Å². The van der Waals surface area contributed by atoms with Crippen LogP contribution in [0.25, 0.3) is 11.1 Å². The van der Waals surface area contributed by atoms with E-state index in [0.717, 1.165) is 40.0 Å². The fourth-order valence-corrected chi connectivity index (χ4v) is 3.39. The van der Waals surface area contributed by atoms with Crippen molar-refractivity contribution in [2.24, 2.45) is 0 Å². The van der Waals surface area contributed by atoms with Crippen molar-refractivity contribution in [1.29, 1.82) is 0 Å². The average Bonchev–Trinajstić information content (AvgIpc) is 3.17. The molecule has 0 aliphatic carbocycles. The lowest BCUT2D eigenvalue weighted by Gasteiger charge is -1.98. The van der Waals surface area contributed by atoms with Crippen LogP contribution in [0.4, 0.5) is 0 Å². The summed E-state index contributed by atoms with van der Waals surface area (Å²) in [6.07, 6.45) is 0.840. The van der Waals surface area contributed by atoms with Crippen molar-refractivity contribution in [2.75, 3.05) is 0 Å². The minimum Gasteiger partial charge on any atom is -0.440 e. The van der Waals surface area contributed by atoms with Gasteiger partial charge in [0.1, 0.15) is 5.52 Å². The predicted molar refractivity (Wildman–Crippen MR) is 96.1 cm³/mol. The van der Waals surface area contributed by atoms with Crippen LogP contribution in [0.5, 0.6) is 0 Å². The Labute approximate surface area is 144 Å². The van der Waals surface area contributed by atoms with Gasteiger partial charge in [0.05, 0.1) is 11.4 Å². The highest BCUT2D eigenvalue weighted by molar-refractivity contribution is 7.98. The zero-order valence-electron chi connectivity index (χ0n) is 13.3. The number of para-hydroxylation sites is 2. The van der Waals surface area contributed by atoms with Crippen molar-refractivity contribution >= 4 is 22.9 Å². The molecular weight excluding hydrogens is 318 g/mol. The van der Waals surface area contributed by atoms with Gasteiger partial charge in [0.25, 0.3) is 0 Å². The number of oxazole rings is 1. The van der Waals surface area contributed by atoms with E-state index < -0.39 is 0 Å². The van der Waals surface area contributed by atoms with Crippen LogP contribution >= 0.6 is 11.8 Å². The quantitative estimate of drug-likeness (QED) is 0.535. The van der Waals surface area contributed by atoms with Crippen molar-refractivity contribution in [2.45, 2.75) is 24.3 Å². The number of fused-ring (bicyclic) bond motifs is 1. The molecule has 0 saturated carbocycles. The number of thioether (sulfide) groups is 1. The zero-order valence-corrected chi connectivity index (χ0v) is 14.1. The van der Waals surface area contributed by atoms with E-state index >= 15 is 0 Å². The summed E-state index contributed by atoms with van der Waals surface area (Å²) in [6.45, 7) is 2.06. The van der Waals surface area contributed by atoms with Crippen LogP contribution in [-0.2, 0) is 12.2 Å². The maximum Gasteiger partial charge on any atom is 0.205 e. The molecule has 2 heterocycles. The van der Waals surface area contributed by atoms with Crippen molar-refractivity contribution in [3.8, 4) is 0 Å². The predicted octanol–water partition coefficient (Wildman–Crippen LogP) is 4.74. The lowest BCUT2D eigenvalue weighted by atomic mass is 10.1. The first-order valence-electron chi connectivity index (χ1n) is 7.84. The normalized spacial score (nSPS) is 11.2. The SMILES string of the molecule is Cc1[nH]c(SCc2nc3ccccc3o2)nc1Cc1ccccc1. The summed E-state index contributed by atoms with van der Waals surface area (Å²) in [5.74, 6) is 1.38. The third kappa shape index (κ3) is 3.21. The van der Waals surface area contributed by atoms with E-state index in [1.165, 1.54) is 5.56 Å². The van der Waals surface area contributed by atoms with E-state index in [1.807, 2.05) is 30.3 Å². The smallest absolute Gasteiger partial charge is 0.205 e. The van der Waals surface area contributed by atoms with Gasteiger partial charge in [-0.15, -0.1) is 0 Å². The monoisotopic (exact) mass is 335 g/mol. The van der Waals surface area contributed by atoms with Crippen LogP contribution in [0.2, 0.25) is 0 Å². The van der Waals surface area contributed by atoms with Gasteiger partial charge in [-0.25, -0.2) is 9.97 Å². The number of aromatic amines is 1. The second-order valence-electron chi connectivity index (χ2n) is 5.64. The third-order valence-electron chi connectivity index (χ3n) is 3.85. The van der Waals surface area contributed by atoms with Gasteiger partial charge in [-0.1, -0.05) is 54.2 Å². The fourth-order valence-electron chi connectivity index (χ4n) is 2.61. The number of aryl methyl sites for hydroxylation is 1. The maximum atomic E-state index is 5.75. The number of H-pyrrole nitrogens is 1. The molecule has 0 saturated heterocycles. The van der Waals surface area contributed by atoms with Crippen LogP contribution in [-0.4, -0.2) is 15.0 Å².